The molecule has 8 nitrogen and oxygen atoms in total. The molecule has 3 aromatic rings. The van der Waals surface area contributed by atoms with Gasteiger partial charge in [0.1, 0.15) is 12.6 Å². The summed E-state index contributed by atoms with van der Waals surface area (Å²) in [4.78, 5) is 42.9. The zero-order valence-corrected chi connectivity index (χ0v) is 20.4. The van der Waals surface area contributed by atoms with Crippen LogP contribution in [-0.2, 0) is 16.0 Å². The summed E-state index contributed by atoms with van der Waals surface area (Å²) >= 11 is 0. The standard InChI is InChI=1S/C29H29N3O5/c33-27(22-11-5-2-6-12-22)30-23(19-21-9-3-1-4-10-21)28(34)31-15-17-32(18-16-31)29(35)26-20-36-24-13-7-8-14-25(24)37-26/h1-14,23,26H,15-20H2,(H,30,33). The number of ether oxygens (including phenoxy) is 2. The predicted octanol–water partition coefficient (Wildman–Crippen LogP) is 2.54. The molecule has 190 valence electrons. The quantitative estimate of drug-likeness (QED) is 0.563. The van der Waals surface area contributed by atoms with Gasteiger partial charge in [-0.2, -0.15) is 0 Å². The van der Waals surface area contributed by atoms with Crippen LogP contribution in [0, 0.1) is 0 Å². The highest BCUT2D eigenvalue weighted by Gasteiger charge is 2.35. The van der Waals surface area contributed by atoms with E-state index in [2.05, 4.69) is 5.32 Å². The lowest BCUT2D eigenvalue weighted by molar-refractivity contribution is -0.146. The minimum atomic E-state index is -0.719. The Morgan fingerprint density at radius 1 is 0.784 bits per heavy atom. The number of piperazine rings is 1. The van der Waals surface area contributed by atoms with Gasteiger partial charge in [0.05, 0.1) is 0 Å². The summed E-state index contributed by atoms with van der Waals surface area (Å²) in [6.45, 7) is 1.68. The van der Waals surface area contributed by atoms with Gasteiger partial charge in [-0.25, -0.2) is 0 Å². The number of benzene rings is 3. The predicted molar refractivity (Wildman–Crippen MR) is 137 cm³/mol. The van der Waals surface area contributed by atoms with E-state index in [1.54, 1.807) is 40.1 Å². The van der Waals surface area contributed by atoms with Crippen LogP contribution >= 0.6 is 0 Å². The van der Waals surface area contributed by atoms with E-state index in [1.165, 1.54) is 0 Å². The normalized spacial score (nSPS) is 17.6. The molecule has 2 aliphatic heterocycles. The van der Waals surface area contributed by atoms with Crippen LogP contribution in [0.1, 0.15) is 15.9 Å². The molecule has 0 aliphatic carbocycles. The Balaban J connectivity index is 1.22. The van der Waals surface area contributed by atoms with Gasteiger partial charge in [0.15, 0.2) is 11.5 Å². The molecule has 0 saturated carbocycles. The Morgan fingerprint density at radius 3 is 2.08 bits per heavy atom. The molecule has 5 rings (SSSR count). The minimum Gasteiger partial charge on any atom is -0.485 e. The number of nitrogens with one attached hydrogen (secondary N) is 1. The third-order valence-electron chi connectivity index (χ3n) is 6.61. The van der Waals surface area contributed by atoms with E-state index < -0.39 is 12.1 Å². The third-order valence-corrected chi connectivity index (χ3v) is 6.61. The molecule has 0 spiro atoms. The van der Waals surface area contributed by atoms with E-state index in [-0.39, 0.29) is 24.3 Å². The molecule has 1 saturated heterocycles. The lowest BCUT2D eigenvalue weighted by Crippen LogP contribution is -2.58. The molecule has 3 amide bonds. The lowest BCUT2D eigenvalue weighted by atomic mass is 10.0. The Bertz CT molecular complexity index is 1240. The lowest BCUT2D eigenvalue weighted by Gasteiger charge is -2.38. The number of nitrogens with zero attached hydrogens (tertiary/aromatic N) is 2. The molecule has 0 bridgehead atoms. The molecule has 1 N–H and O–H groups in total. The number of para-hydroxylation sites is 2. The maximum Gasteiger partial charge on any atom is 0.267 e. The molecular formula is C29H29N3O5. The van der Waals surface area contributed by atoms with Crippen molar-refractivity contribution in [3.8, 4) is 11.5 Å². The van der Waals surface area contributed by atoms with Crippen molar-refractivity contribution in [3.05, 3.63) is 96.1 Å². The average Bonchev–Trinajstić information content (AvgIpc) is 2.97. The number of amides is 3. The number of rotatable bonds is 6. The summed E-state index contributed by atoms with van der Waals surface area (Å²) in [7, 11) is 0. The number of fused-ring (bicyclic) bond motifs is 1. The van der Waals surface area contributed by atoms with E-state index >= 15 is 0 Å². The second-order valence-electron chi connectivity index (χ2n) is 9.10. The molecule has 2 atom stereocenters. The minimum absolute atomic E-state index is 0.152. The van der Waals surface area contributed by atoms with Gasteiger partial charge < -0.3 is 24.6 Å². The third kappa shape index (κ3) is 5.74. The van der Waals surface area contributed by atoms with Crippen LogP contribution in [0.15, 0.2) is 84.9 Å². The van der Waals surface area contributed by atoms with E-state index in [0.717, 1.165) is 5.56 Å². The van der Waals surface area contributed by atoms with Crippen LogP contribution < -0.4 is 14.8 Å². The van der Waals surface area contributed by atoms with Crippen molar-refractivity contribution in [2.24, 2.45) is 0 Å². The highest BCUT2D eigenvalue weighted by atomic mass is 16.6. The Morgan fingerprint density at radius 2 is 1.38 bits per heavy atom. The Hall–Kier alpha value is -4.33. The van der Waals surface area contributed by atoms with Crippen LogP contribution in [0.2, 0.25) is 0 Å². The van der Waals surface area contributed by atoms with Crippen LogP contribution in [0.3, 0.4) is 0 Å². The number of hydrogen-bond donors (Lipinski definition) is 1. The fourth-order valence-electron chi connectivity index (χ4n) is 4.59. The first-order valence-electron chi connectivity index (χ1n) is 12.4. The zero-order chi connectivity index (χ0) is 25.6. The van der Waals surface area contributed by atoms with E-state index in [0.29, 0.717) is 49.7 Å². The molecule has 1 fully saturated rings. The summed E-state index contributed by atoms with van der Waals surface area (Å²) in [6.07, 6.45) is -0.336. The number of carbonyl (C=O) groups excluding carboxylic acids is 3. The van der Waals surface area contributed by atoms with Gasteiger partial charge in [0.25, 0.3) is 11.8 Å². The monoisotopic (exact) mass is 499 g/mol. The van der Waals surface area contributed by atoms with Gasteiger partial charge >= 0.3 is 0 Å². The van der Waals surface area contributed by atoms with Crippen molar-refractivity contribution in [2.45, 2.75) is 18.6 Å². The van der Waals surface area contributed by atoms with Gasteiger partial charge in [-0.05, 0) is 29.8 Å². The summed E-state index contributed by atoms with van der Waals surface area (Å²) in [5.74, 6) is 0.576. The maximum atomic E-state index is 13.5. The fraction of sp³-hybridized carbons (Fsp3) is 0.276. The van der Waals surface area contributed by atoms with E-state index in [4.69, 9.17) is 9.47 Å². The zero-order valence-electron chi connectivity index (χ0n) is 20.4. The van der Waals surface area contributed by atoms with Gasteiger partial charge in [0, 0.05) is 38.2 Å². The maximum absolute atomic E-state index is 13.5. The highest BCUT2D eigenvalue weighted by Crippen LogP contribution is 2.31. The van der Waals surface area contributed by atoms with Gasteiger partial charge in [0.2, 0.25) is 12.0 Å². The average molecular weight is 500 g/mol. The summed E-state index contributed by atoms with van der Waals surface area (Å²) in [6, 6.07) is 25.0. The second kappa shape index (κ2) is 11.2. The first kappa shape index (κ1) is 24.4. The van der Waals surface area contributed by atoms with E-state index in [1.807, 2.05) is 54.6 Å². The number of carbonyl (C=O) groups is 3. The molecule has 8 heteroatoms. The Labute approximate surface area is 215 Å². The smallest absolute Gasteiger partial charge is 0.267 e. The van der Waals surface area contributed by atoms with Crippen LogP contribution in [0.4, 0.5) is 0 Å². The molecule has 2 aliphatic rings. The van der Waals surface area contributed by atoms with Crippen molar-refractivity contribution in [3.63, 3.8) is 0 Å². The summed E-state index contributed by atoms with van der Waals surface area (Å²) in [5.41, 5.74) is 1.46. The van der Waals surface area contributed by atoms with E-state index in [9.17, 15) is 14.4 Å². The van der Waals surface area contributed by atoms with Crippen LogP contribution in [-0.4, -0.2) is 72.5 Å². The first-order valence-corrected chi connectivity index (χ1v) is 12.4. The largest absolute Gasteiger partial charge is 0.485 e. The van der Waals surface area contributed by atoms with Crippen molar-refractivity contribution in [2.75, 3.05) is 32.8 Å². The Kier molecular flexibility index (Phi) is 7.35. The number of hydrogen-bond acceptors (Lipinski definition) is 5. The summed E-state index contributed by atoms with van der Waals surface area (Å²) < 4.78 is 11.6. The second-order valence-corrected chi connectivity index (χ2v) is 9.10. The highest BCUT2D eigenvalue weighted by molar-refractivity contribution is 5.97. The summed E-state index contributed by atoms with van der Waals surface area (Å²) in [5, 5.41) is 2.93. The van der Waals surface area contributed by atoms with Crippen molar-refractivity contribution in [1.82, 2.24) is 15.1 Å². The van der Waals surface area contributed by atoms with Crippen LogP contribution in [0.25, 0.3) is 0 Å². The molecule has 3 aromatic carbocycles. The molecular weight excluding hydrogens is 470 g/mol. The fourth-order valence-corrected chi connectivity index (χ4v) is 4.59. The molecule has 37 heavy (non-hydrogen) atoms. The van der Waals surface area contributed by atoms with Crippen molar-refractivity contribution in [1.29, 1.82) is 0 Å². The van der Waals surface area contributed by atoms with Crippen molar-refractivity contribution >= 4 is 17.7 Å². The van der Waals surface area contributed by atoms with Gasteiger partial charge in [-0.1, -0.05) is 60.7 Å². The van der Waals surface area contributed by atoms with Crippen molar-refractivity contribution < 1.29 is 23.9 Å². The SMILES string of the molecule is O=C(NC(Cc1ccccc1)C(=O)N1CCN(C(=O)C2COc3ccccc3O2)CC1)c1ccccc1. The van der Waals surface area contributed by atoms with Gasteiger partial charge in [-0.15, -0.1) is 0 Å². The molecule has 0 aromatic heterocycles. The first-order chi connectivity index (χ1) is 18.1. The molecule has 2 heterocycles. The van der Waals surface area contributed by atoms with Gasteiger partial charge in [-0.3, -0.25) is 14.4 Å². The van der Waals surface area contributed by atoms with Crippen LogP contribution in [0.5, 0.6) is 11.5 Å². The topological polar surface area (TPSA) is 88.2 Å². The molecule has 2 unspecified atom stereocenters. The molecule has 0 radical (unpaired) electrons.